The highest BCUT2D eigenvalue weighted by molar-refractivity contribution is 6.00. The van der Waals surface area contributed by atoms with Crippen LogP contribution in [0.5, 0.6) is 0 Å². The van der Waals surface area contributed by atoms with Gasteiger partial charge < -0.3 is 10.2 Å². The van der Waals surface area contributed by atoms with Crippen molar-refractivity contribution < 1.29 is 9.59 Å². The number of carbonyl (C=O) groups is 2. The Balaban J connectivity index is 1.56. The zero-order valence-corrected chi connectivity index (χ0v) is 13.7. The van der Waals surface area contributed by atoms with Crippen LogP contribution in [0.1, 0.15) is 57.7 Å². The van der Waals surface area contributed by atoms with E-state index in [1.165, 1.54) is 11.1 Å². The van der Waals surface area contributed by atoms with E-state index in [-0.39, 0.29) is 17.9 Å². The largest absolute Gasteiger partial charge is 0.349 e. The van der Waals surface area contributed by atoms with Gasteiger partial charge in [-0.3, -0.25) is 9.59 Å². The normalized spacial score (nSPS) is 19.0. The van der Waals surface area contributed by atoms with Crippen molar-refractivity contribution in [2.24, 2.45) is 0 Å². The van der Waals surface area contributed by atoms with Crippen LogP contribution in [-0.4, -0.2) is 22.8 Å². The molecule has 0 bridgehead atoms. The molecule has 2 amide bonds. The molecule has 0 radical (unpaired) electrons. The van der Waals surface area contributed by atoms with E-state index in [2.05, 4.69) is 17.4 Å². The van der Waals surface area contributed by atoms with Gasteiger partial charge in [0.05, 0.1) is 6.04 Å². The summed E-state index contributed by atoms with van der Waals surface area (Å²) in [6, 6.07) is 15.5. The quantitative estimate of drug-likeness (QED) is 0.943. The summed E-state index contributed by atoms with van der Waals surface area (Å²) >= 11 is 0. The third-order valence-electron chi connectivity index (χ3n) is 4.86. The number of benzene rings is 2. The first kappa shape index (κ1) is 14.9. The highest BCUT2D eigenvalue weighted by atomic mass is 16.2. The maximum atomic E-state index is 12.9. The monoisotopic (exact) mass is 320 g/mol. The van der Waals surface area contributed by atoms with Crippen LogP contribution in [0.3, 0.4) is 0 Å². The number of nitrogens with zero attached hydrogens (tertiary/aromatic N) is 1. The Morgan fingerprint density at radius 2 is 1.79 bits per heavy atom. The molecule has 24 heavy (non-hydrogen) atoms. The molecule has 1 N–H and O–H groups in total. The van der Waals surface area contributed by atoms with Gasteiger partial charge in [-0.1, -0.05) is 30.3 Å². The van der Waals surface area contributed by atoms with E-state index in [0.29, 0.717) is 23.7 Å². The molecule has 122 valence electrons. The molecule has 4 nitrogen and oxygen atoms in total. The maximum Gasteiger partial charge on any atom is 0.254 e. The summed E-state index contributed by atoms with van der Waals surface area (Å²) in [5.74, 6) is -0.121. The minimum absolute atomic E-state index is 0.0280. The van der Waals surface area contributed by atoms with E-state index < -0.39 is 0 Å². The van der Waals surface area contributed by atoms with Crippen molar-refractivity contribution in [1.82, 2.24) is 10.2 Å². The number of amides is 2. The Labute approximate surface area is 141 Å². The highest BCUT2D eigenvalue weighted by Crippen LogP contribution is 2.34. The van der Waals surface area contributed by atoms with Gasteiger partial charge in [0, 0.05) is 23.7 Å². The van der Waals surface area contributed by atoms with Gasteiger partial charge in [0.1, 0.15) is 0 Å². The van der Waals surface area contributed by atoms with E-state index in [1.54, 1.807) is 24.3 Å². The van der Waals surface area contributed by atoms with Crippen LogP contribution in [0.25, 0.3) is 0 Å². The van der Waals surface area contributed by atoms with Crippen LogP contribution >= 0.6 is 0 Å². The van der Waals surface area contributed by atoms with Crippen molar-refractivity contribution in [3.05, 3.63) is 70.8 Å². The van der Waals surface area contributed by atoms with Crippen LogP contribution in [0.4, 0.5) is 0 Å². The second-order valence-electron chi connectivity index (χ2n) is 6.64. The molecular formula is C20H20N2O2. The summed E-state index contributed by atoms with van der Waals surface area (Å²) in [7, 11) is 0. The second-order valence-corrected chi connectivity index (χ2v) is 6.64. The summed E-state index contributed by atoms with van der Waals surface area (Å²) in [5, 5.41) is 2.96. The van der Waals surface area contributed by atoms with Gasteiger partial charge in [-0.05, 0) is 49.1 Å². The number of hydrogen-bond donors (Lipinski definition) is 1. The number of rotatable bonds is 3. The third kappa shape index (κ3) is 2.68. The Morgan fingerprint density at radius 3 is 2.54 bits per heavy atom. The second kappa shape index (κ2) is 5.78. The van der Waals surface area contributed by atoms with Gasteiger partial charge in [-0.15, -0.1) is 0 Å². The number of hydrogen-bond acceptors (Lipinski definition) is 2. The van der Waals surface area contributed by atoms with E-state index in [9.17, 15) is 9.59 Å². The molecule has 0 spiro atoms. The molecule has 2 aromatic rings. The van der Waals surface area contributed by atoms with Crippen molar-refractivity contribution in [3.8, 4) is 0 Å². The minimum atomic E-state index is -0.0927. The molecule has 2 aromatic carbocycles. The Kier molecular flexibility index (Phi) is 3.60. The van der Waals surface area contributed by atoms with Crippen molar-refractivity contribution >= 4 is 11.8 Å². The topological polar surface area (TPSA) is 49.4 Å². The first-order valence-corrected chi connectivity index (χ1v) is 8.43. The van der Waals surface area contributed by atoms with Crippen LogP contribution in [0.15, 0.2) is 48.5 Å². The predicted octanol–water partition coefficient (Wildman–Crippen LogP) is 3.30. The molecule has 4 rings (SSSR count). The van der Waals surface area contributed by atoms with Gasteiger partial charge >= 0.3 is 0 Å². The lowest BCUT2D eigenvalue weighted by atomic mass is 10.1. The standard InChI is InChI=1S/C20H20N2O2/c1-13-18-8-3-2-5-16(18)12-22(13)20(24)15-7-4-6-14(11-15)19(23)21-17-9-10-17/h2-8,11,13,17H,9-10,12H2,1H3,(H,21,23)/t13-/m1/s1. The third-order valence-corrected chi connectivity index (χ3v) is 4.86. The number of fused-ring (bicyclic) bond motifs is 1. The van der Waals surface area contributed by atoms with Gasteiger partial charge in [0.25, 0.3) is 11.8 Å². The lowest BCUT2D eigenvalue weighted by molar-refractivity contribution is 0.0705. The molecule has 0 unspecified atom stereocenters. The predicted molar refractivity (Wildman–Crippen MR) is 91.7 cm³/mol. The Morgan fingerprint density at radius 1 is 1.04 bits per heavy atom. The van der Waals surface area contributed by atoms with E-state index in [0.717, 1.165) is 12.8 Å². The molecule has 1 atom stereocenters. The minimum Gasteiger partial charge on any atom is -0.349 e. The number of nitrogens with one attached hydrogen (secondary N) is 1. The molecular weight excluding hydrogens is 300 g/mol. The average molecular weight is 320 g/mol. The summed E-state index contributed by atoms with van der Waals surface area (Å²) in [6.07, 6.45) is 2.10. The molecule has 1 aliphatic heterocycles. The maximum absolute atomic E-state index is 12.9. The molecule has 4 heteroatoms. The molecule has 1 saturated carbocycles. The summed E-state index contributed by atoms with van der Waals surface area (Å²) in [5.41, 5.74) is 3.52. The first-order valence-electron chi connectivity index (χ1n) is 8.43. The van der Waals surface area contributed by atoms with E-state index in [1.807, 2.05) is 24.0 Å². The smallest absolute Gasteiger partial charge is 0.254 e. The van der Waals surface area contributed by atoms with Gasteiger partial charge in [-0.25, -0.2) is 0 Å². The lowest BCUT2D eigenvalue weighted by Gasteiger charge is -2.22. The zero-order chi connectivity index (χ0) is 16.7. The van der Waals surface area contributed by atoms with E-state index in [4.69, 9.17) is 0 Å². The molecule has 0 saturated heterocycles. The van der Waals surface area contributed by atoms with Crippen LogP contribution in [0.2, 0.25) is 0 Å². The fourth-order valence-electron chi connectivity index (χ4n) is 3.28. The molecule has 1 aliphatic carbocycles. The zero-order valence-electron chi connectivity index (χ0n) is 13.7. The van der Waals surface area contributed by atoms with Crippen molar-refractivity contribution in [2.75, 3.05) is 0 Å². The highest BCUT2D eigenvalue weighted by Gasteiger charge is 2.31. The molecule has 2 aliphatic rings. The lowest BCUT2D eigenvalue weighted by Crippen LogP contribution is -2.29. The Hall–Kier alpha value is -2.62. The Bertz CT molecular complexity index is 811. The average Bonchev–Trinajstić information content (AvgIpc) is 3.36. The number of carbonyl (C=O) groups excluding carboxylic acids is 2. The SMILES string of the molecule is C[C@@H]1c2ccccc2CN1C(=O)c1cccc(C(=O)NC2CC2)c1. The van der Waals surface area contributed by atoms with Crippen LogP contribution in [0, 0.1) is 0 Å². The van der Waals surface area contributed by atoms with Crippen LogP contribution in [-0.2, 0) is 6.54 Å². The van der Waals surface area contributed by atoms with Gasteiger partial charge in [0.2, 0.25) is 0 Å². The summed E-state index contributed by atoms with van der Waals surface area (Å²) in [6.45, 7) is 2.67. The fourth-order valence-corrected chi connectivity index (χ4v) is 3.28. The first-order chi connectivity index (χ1) is 11.6. The summed E-state index contributed by atoms with van der Waals surface area (Å²) < 4.78 is 0. The van der Waals surface area contributed by atoms with Gasteiger partial charge in [-0.2, -0.15) is 0 Å². The summed E-state index contributed by atoms with van der Waals surface area (Å²) in [4.78, 5) is 27.0. The van der Waals surface area contributed by atoms with Crippen molar-refractivity contribution in [1.29, 1.82) is 0 Å². The van der Waals surface area contributed by atoms with Crippen molar-refractivity contribution in [3.63, 3.8) is 0 Å². The van der Waals surface area contributed by atoms with E-state index >= 15 is 0 Å². The molecule has 1 fully saturated rings. The van der Waals surface area contributed by atoms with Crippen LogP contribution < -0.4 is 5.32 Å². The van der Waals surface area contributed by atoms with Crippen molar-refractivity contribution in [2.45, 2.75) is 38.4 Å². The molecule has 0 aromatic heterocycles. The fraction of sp³-hybridized carbons (Fsp3) is 0.300. The van der Waals surface area contributed by atoms with Gasteiger partial charge in [0.15, 0.2) is 0 Å². The molecule has 1 heterocycles.